The van der Waals surface area contributed by atoms with Gasteiger partial charge in [0.05, 0.1) is 11.9 Å². The maximum atomic E-state index is 12.1. The number of thiophene rings is 1. The molecule has 0 atom stereocenters. The van der Waals surface area contributed by atoms with E-state index < -0.39 is 10.0 Å². The summed E-state index contributed by atoms with van der Waals surface area (Å²) in [6.07, 6.45) is 1.40. The maximum Gasteiger partial charge on any atom is 0.244 e. The van der Waals surface area contributed by atoms with Gasteiger partial charge in [-0.15, -0.1) is 11.3 Å². The van der Waals surface area contributed by atoms with Gasteiger partial charge < -0.3 is 0 Å². The lowest BCUT2D eigenvalue weighted by Gasteiger charge is -2.05. The van der Waals surface area contributed by atoms with Crippen LogP contribution < -0.4 is 4.72 Å². The fourth-order valence-electron chi connectivity index (χ4n) is 1.67. The fourth-order valence-corrected chi connectivity index (χ4v) is 3.59. The lowest BCUT2D eigenvalue weighted by molar-refractivity contribution is 0.579. The van der Waals surface area contributed by atoms with E-state index in [-0.39, 0.29) is 4.90 Å². The number of hydrogen-bond acceptors (Lipinski definition) is 4. The Morgan fingerprint density at radius 3 is 2.83 bits per heavy atom. The van der Waals surface area contributed by atoms with Crippen molar-refractivity contribution in [2.75, 3.05) is 0 Å². The van der Waals surface area contributed by atoms with Crippen LogP contribution in [0.4, 0.5) is 0 Å². The van der Waals surface area contributed by atoms with Gasteiger partial charge in [0.25, 0.3) is 0 Å². The van der Waals surface area contributed by atoms with Gasteiger partial charge in [0.2, 0.25) is 10.0 Å². The lowest BCUT2D eigenvalue weighted by Crippen LogP contribution is -2.23. The molecule has 0 spiro atoms. The van der Waals surface area contributed by atoms with E-state index in [2.05, 4.69) is 9.82 Å². The smallest absolute Gasteiger partial charge is 0.244 e. The molecule has 0 radical (unpaired) electrons. The van der Waals surface area contributed by atoms with E-state index >= 15 is 0 Å². The highest BCUT2D eigenvalue weighted by molar-refractivity contribution is 7.89. The molecular formula is C11H15N3O2S2. The Hall–Kier alpha value is -1.18. The summed E-state index contributed by atoms with van der Waals surface area (Å²) in [6, 6.07) is 3.80. The second-order valence-electron chi connectivity index (χ2n) is 3.81. The second-order valence-corrected chi connectivity index (χ2v) is 6.58. The normalized spacial score (nSPS) is 11.9. The first-order valence-corrected chi connectivity index (χ1v) is 7.95. The molecule has 2 aromatic heterocycles. The van der Waals surface area contributed by atoms with Crippen molar-refractivity contribution >= 4 is 21.4 Å². The van der Waals surface area contributed by atoms with Crippen molar-refractivity contribution in [3.63, 3.8) is 0 Å². The summed E-state index contributed by atoms with van der Waals surface area (Å²) in [5.74, 6) is 0. The molecular weight excluding hydrogens is 270 g/mol. The molecule has 2 heterocycles. The molecule has 0 fully saturated rings. The zero-order valence-electron chi connectivity index (χ0n) is 10.3. The van der Waals surface area contributed by atoms with Crippen LogP contribution in [-0.4, -0.2) is 18.2 Å². The van der Waals surface area contributed by atoms with Crippen LogP contribution in [0.5, 0.6) is 0 Å². The number of rotatable bonds is 5. The minimum atomic E-state index is -3.48. The summed E-state index contributed by atoms with van der Waals surface area (Å²) in [6.45, 7) is 4.66. The molecule has 0 aliphatic heterocycles. The van der Waals surface area contributed by atoms with E-state index in [1.54, 1.807) is 11.6 Å². The Labute approximate surface area is 111 Å². The third-order valence-electron chi connectivity index (χ3n) is 2.66. The first-order valence-electron chi connectivity index (χ1n) is 5.59. The average Bonchev–Trinajstić information content (AvgIpc) is 2.95. The standard InChI is InChI=1S/C11H15N3O2S2/c1-3-14-9(2)11(8-12-14)18(15,16)13-7-10-5-4-6-17-10/h4-6,8,13H,3,7H2,1-2H3. The molecule has 5 nitrogen and oxygen atoms in total. The zero-order chi connectivity index (χ0) is 13.2. The largest absolute Gasteiger partial charge is 0.269 e. The number of nitrogens with zero attached hydrogens (tertiary/aromatic N) is 2. The Bertz CT molecular complexity index is 615. The molecule has 0 amide bonds. The van der Waals surface area contributed by atoms with Gasteiger partial charge >= 0.3 is 0 Å². The van der Waals surface area contributed by atoms with Crippen LogP contribution in [-0.2, 0) is 23.1 Å². The van der Waals surface area contributed by atoms with Crippen LogP contribution in [0.25, 0.3) is 0 Å². The van der Waals surface area contributed by atoms with Gasteiger partial charge in [-0.25, -0.2) is 13.1 Å². The first-order chi connectivity index (χ1) is 8.54. The molecule has 2 rings (SSSR count). The third kappa shape index (κ3) is 2.63. The molecule has 0 aromatic carbocycles. The second kappa shape index (κ2) is 5.21. The summed E-state index contributed by atoms with van der Waals surface area (Å²) in [7, 11) is -3.48. The monoisotopic (exact) mass is 285 g/mol. The SMILES string of the molecule is CCn1ncc(S(=O)(=O)NCc2cccs2)c1C. The van der Waals surface area contributed by atoms with Gasteiger partial charge in [-0.05, 0) is 25.3 Å². The van der Waals surface area contributed by atoms with Crippen LogP contribution in [0.15, 0.2) is 28.6 Å². The van der Waals surface area contributed by atoms with Gasteiger partial charge in [0.15, 0.2) is 0 Å². The highest BCUT2D eigenvalue weighted by atomic mass is 32.2. The molecule has 18 heavy (non-hydrogen) atoms. The minimum absolute atomic E-state index is 0.251. The van der Waals surface area contributed by atoms with Gasteiger partial charge in [-0.3, -0.25) is 4.68 Å². The van der Waals surface area contributed by atoms with E-state index in [1.807, 2.05) is 24.4 Å². The molecule has 0 saturated heterocycles. The van der Waals surface area contributed by atoms with Crippen molar-refractivity contribution in [3.05, 3.63) is 34.3 Å². The van der Waals surface area contributed by atoms with Gasteiger partial charge in [0, 0.05) is 18.0 Å². The summed E-state index contributed by atoms with van der Waals surface area (Å²) < 4.78 is 28.5. The Morgan fingerprint density at radius 1 is 1.50 bits per heavy atom. The Balaban J connectivity index is 2.17. The number of nitrogens with one attached hydrogen (secondary N) is 1. The molecule has 0 saturated carbocycles. The maximum absolute atomic E-state index is 12.1. The Kier molecular flexibility index (Phi) is 3.84. The van der Waals surface area contributed by atoms with Crippen LogP contribution in [0.3, 0.4) is 0 Å². The van der Waals surface area contributed by atoms with Crippen molar-refractivity contribution in [2.45, 2.75) is 31.8 Å². The van der Waals surface area contributed by atoms with E-state index in [0.29, 0.717) is 18.8 Å². The summed E-state index contributed by atoms with van der Waals surface area (Å²) >= 11 is 1.52. The lowest BCUT2D eigenvalue weighted by atomic mass is 10.5. The molecule has 2 aromatic rings. The van der Waals surface area contributed by atoms with Gasteiger partial charge in [-0.1, -0.05) is 6.07 Å². The van der Waals surface area contributed by atoms with Crippen LogP contribution >= 0.6 is 11.3 Å². The number of hydrogen-bond donors (Lipinski definition) is 1. The van der Waals surface area contributed by atoms with Gasteiger partial charge in [0.1, 0.15) is 4.90 Å². The van der Waals surface area contributed by atoms with Gasteiger partial charge in [-0.2, -0.15) is 5.10 Å². The van der Waals surface area contributed by atoms with Crippen molar-refractivity contribution < 1.29 is 8.42 Å². The highest BCUT2D eigenvalue weighted by Crippen LogP contribution is 2.15. The fraction of sp³-hybridized carbons (Fsp3) is 0.364. The van der Waals surface area contributed by atoms with E-state index in [1.165, 1.54) is 17.5 Å². The molecule has 98 valence electrons. The van der Waals surface area contributed by atoms with E-state index in [0.717, 1.165) is 4.88 Å². The van der Waals surface area contributed by atoms with Crippen LogP contribution in [0.2, 0.25) is 0 Å². The summed E-state index contributed by atoms with van der Waals surface area (Å²) in [5, 5.41) is 5.97. The van der Waals surface area contributed by atoms with Crippen molar-refractivity contribution in [1.29, 1.82) is 0 Å². The highest BCUT2D eigenvalue weighted by Gasteiger charge is 2.20. The number of sulfonamides is 1. The molecule has 0 unspecified atom stereocenters. The van der Waals surface area contributed by atoms with Crippen molar-refractivity contribution in [3.8, 4) is 0 Å². The quantitative estimate of drug-likeness (QED) is 0.910. The van der Waals surface area contributed by atoms with Crippen LogP contribution in [0.1, 0.15) is 17.5 Å². The van der Waals surface area contributed by atoms with E-state index in [9.17, 15) is 8.42 Å². The zero-order valence-corrected chi connectivity index (χ0v) is 11.9. The molecule has 1 N–H and O–H groups in total. The number of aryl methyl sites for hydroxylation is 1. The van der Waals surface area contributed by atoms with Crippen molar-refractivity contribution in [1.82, 2.24) is 14.5 Å². The first kappa shape index (κ1) is 13.3. The predicted molar refractivity (Wildman–Crippen MR) is 71.0 cm³/mol. The third-order valence-corrected chi connectivity index (χ3v) is 5.04. The topological polar surface area (TPSA) is 64.0 Å². The minimum Gasteiger partial charge on any atom is -0.269 e. The molecule has 0 bridgehead atoms. The van der Waals surface area contributed by atoms with E-state index in [4.69, 9.17) is 0 Å². The number of aromatic nitrogens is 2. The summed E-state index contributed by atoms with van der Waals surface area (Å²) in [5.41, 5.74) is 0.663. The predicted octanol–water partition coefficient (Wildman–Crippen LogP) is 1.75. The molecule has 0 aliphatic carbocycles. The van der Waals surface area contributed by atoms with Crippen LogP contribution in [0, 0.1) is 6.92 Å². The molecule has 7 heteroatoms. The summed E-state index contributed by atoms with van der Waals surface area (Å²) in [4.78, 5) is 1.24. The average molecular weight is 285 g/mol. The van der Waals surface area contributed by atoms with Crippen molar-refractivity contribution in [2.24, 2.45) is 0 Å². The molecule has 0 aliphatic rings. The Morgan fingerprint density at radius 2 is 2.28 bits per heavy atom.